The Balaban J connectivity index is 1.81. The molecule has 24 heavy (non-hydrogen) atoms. The zero-order chi connectivity index (χ0) is 17.5. The molecule has 0 aromatic heterocycles. The van der Waals surface area contributed by atoms with Crippen LogP contribution in [0.1, 0.15) is 22.3 Å². The number of anilines is 1. The summed E-state index contributed by atoms with van der Waals surface area (Å²) in [5.74, 6) is -0.213. The summed E-state index contributed by atoms with van der Waals surface area (Å²) in [5.41, 5.74) is 2.08. The summed E-state index contributed by atoms with van der Waals surface area (Å²) >= 11 is 0. The molecular weight excluding hydrogens is 306 g/mol. The molecule has 1 amide bonds. The molecule has 0 aliphatic rings. The molecule has 0 saturated heterocycles. The number of nitrogens with one attached hydrogen (secondary N) is 1. The fourth-order valence-corrected chi connectivity index (χ4v) is 2.43. The first-order chi connectivity index (χ1) is 11.5. The second-order valence-electron chi connectivity index (χ2n) is 5.62. The van der Waals surface area contributed by atoms with Crippen LogP contribution in [-0.4, -0.2) is 31.0 Å². The van der Waals surface area contributed by atoms with Crippen molar-refractivity contribution in [3.8, 4) is 0 Å². The van der Waals surface area contributed by atoms with Crippen LogP contribution in [-0.2, 0) is 0 Å². The van der Waals surface area contributed by atoms with Crippen LogP contribution in [0.3, 0.4) is 0 Å². The van der Waals surface area contributed by atoms with E-state index in [1.54, 1.807) is 13.0 Å². The van der Waals surface area contributed by atoms with Crippen molar-refractivity contribution in [3.63, 3.8) is 0 Å². The monoisotopic (exact) mass is 327 g/mol. The molecule has 0 fully saturated rings. The number of nitrogens with zero attached hydrogens (tertiary/aromatic N) is 2. The molecule has 2 rings (SSSR count). The zero-order valence-electron chi connectivity index (χ0n) is 13.9. The van der Waals surface area contributed by atoms with Gasteiger partial charge < -0.3 is 10.2 Å². The van der Waals surface area contributed by atoms with E-state index in [-0.39, 0.29) is 11.6 Å². The van der Waals surface area contributed by atoms with Crippen LogP contribution in [0.4, 0.5) is 11.4 Å². The number of hydrogen-bond donors (Lipinski definition) is 1. The molecule has 6 heteroatoms. The van der Waals surface area contributed by atoms with Crippen LogP contribution >= 0.6 is 0 Å². The van der Waals surface area contributed by atoms with Gasteiger partial charge >= 0.3 is 0 Å². The summed E-state index contributed by atoms with van der Waals surface area (Å²) in [6.07, 6.45) is 0.809. The van der Waals surface area contributed by atoms with Gasteiger partial charge in [0.1, 0.15) is 0 Å². The number of para-hydroxylation sites is 1. The predicted molar refractivity (Wildman–Crippen MR) is 94.5 cm³/mol. The van der Waals surface area contributed by atoms with E-state index in [0.717, 1.165) is 18.7 Å². The van der Waals surface area contributed by atoms with Crippen molar-refractivity contribution in [1.82, 2.24) is 5.32 Å². The van der Waals surface area contributed by atoms with Crippen LogP contribution in [0.5, 0.6) is 0 Å². The highest BCUT2D eigenvalue weighted by Crippen LogP contribution is 2.18. The summed E-state index contributed by atoms with van der Waals surface area (Å²) in [4.78, 5) is 24.6. The van der Waals surface area contributed by atoms with Gasteiger partial charge in [-0.3, -0.25) is 14.9 Å². The molecule has 0 heterocycles. The van der Waals surface area contributed by atoms with Crippen LogP contribution in [0.2, 0.25) is 0 Å². The fraction of sp³-hybridized carbons (Fsp3) is 0.278. The minimum Gasteiger partial charge on any atom is -0.375 e. The summed E-state index contributed by atoms with van der Waals surface area (Å²) in [5, 5.41) is 13.6. The molecule has 0 unspecified atom stereocenters. The van der Waals surface area contributed by atoms with E-state index in [2.05, 4.69) is 10.2 Å². The number of aryl methyl sites for hydroxylation is 1. The molecule has 0 radical (unpaired) electrons. The molecule has 0 aliphatic carbocycles. The number of rotatable bonds is 7. The van der Waals surface area contributed by atoms with E-state index in [1.165, 1.54) is 12.1 Å². The van der Waals surface area contributed by atoms with Crippen molar-refractivity contribution >= 4 is 17.3 Å². The quantitative estimate of drug-likeness (QED) is 0.481. The van der Waals surface area contributed by atoms with Crippen LogP contribution in [0.25, 0.3) is 0 Å². The molecule has 0 bridgehead atoms. The molecular formula is C18H21N3O3. The second kappa shape index (κ2) is 8.10. The highest BCUT2D eigenvalue weighted by molar-refractivity contribution is 5.94. The molecule has 126 valence electrons. The number of nitro benzene ring substituents is 1. The van der Waals surface area contributed by atoms with E-state index in [0.29, 0.717) is 17.7 Å². The van der Waals surface area contributed by atoms with Crippen LogP contribution < -0.4 is 10.2 Å². The van der Waals surface area contributed by atoms with Gasteiger partial charge in [-0.25, -0.2) is 0 Å². The minimum atomic E-state index is -0.448. The summed E-state index contributed by atoms with van der Waals surface area (Å²) < 4.78 is 0. The fourth-order valence-electron chi connectivity index (χ4n) is 2.43. The Morgan fingerprint density at radius 3 is 2.54 bits per heavy atom. The standard InChI is InChI=1S/C18H21N3O3/c1-14-13-15(9-10-17(14)21(23)24)18(22)19-11-6-12-20(2)16-7-4-3-5-8-16/h3-5,7-10,13H,6,11-12H2,1-2H3,(H,19,22). The lowest BCUT2D eigenvalue weighted by Crippen LogP contribution is -2.28. The zero-order valence-corrected chi connectivity index (χ0v) is 13.9. The summed E-state index contributed by atoms with van der Waals surface area (Å²) in [6, 6.07) is 14.4. The topological polar surface area (TPSA) is 75.5 Å². The smallest absolute Gasteiger partial charge is 0.272 e. The van der Waals surface area contributed by atoms with E-state index in [1.807, 2.05) is 37.4 Å². The lowest BCUT2D eigenvalue weighted by atomic mass is 10.1. The molecule has 0 spiro atoms. The Hall–Kier alpha value is -2.89. The third-order valence-electron chi connectivity index (χ3n) is 3.81. The van der Waals surface area contributed by atoms with Gasteiger partial charge in [-0.1, -0.05) is 18.2 Å². The third kappa shape index (κ3) is 4.55. The number of carbonyl (C=O) groups is 1. The first-order valence-electron chi connectivity index (χ1n) is 7.78. The first kappa shape index (κ1) is 17.5. The van der Waals surface area contributed by atoms with Gasteiger partial charge in [0.25, 0.3) is 11.6 Å². The summed E-state index contributed by atoms with van der Waals surface area (Å²) in [7, 11) is 2.01. The van der Waals surface area contributed by atoms with Gasteiger partial charge in [0.15, 0.2) is 0 Å². The van der Waals surface area contributed by atoms with Crippen molar-refractivity contribution in [3.05, 3.63) is 69.8 Å². The van der Waals surface area contributed by atoms with Crippen molar-refractivity contribution in [2.45, 2.75) is 13.3 Å². The predicted octanol–water partition coefficient (Wildman–Crippen LogP) is 3.16. The van der Waals surface area contributed by atoms with E-state index in [9.17, 15) is 14.9 Å². The Bertz CT molecular complexity index is 717. The Kier molecular flexibility index (Phi) is 5.89. The van der Waals surface area contributed by atoms with Gasteiger partial charge in [-0.2, -0.15) is 0 Å². The second-order valence-corrected chi connectivity index (χ2v) is 5.62. The number of carbonyl (C=O) groups excluding carboxylic acids is 1. The molecule has 2 aromatic carbocycles. The Labute approximate surface area is 141 Å². The minimum absolute atomic E-state index is 0.0241. The van der Waals surface area contributed by atoms with Gasteiger partial charge in [0, 0.05) is 43.0 Å². The van der Waals surface area contributed by atoms with Gasteiger partial charge in [-0.05, 0) is 37.6 Å². The highest BCUT2D eigenvalue weighted by Gasteiger charge is 2.13. The molecule has 2 aromatic rings. The first-order valence-corrected chi connectivity index (χ1v) is 7.78. The van der Waals surface area contributed by atoms with Gasteiger partial charge in [0.05, 0.1) is 4.92 Å². The normalized spacial score (nSPS) is 10.2. The van der Waals surface area contributed by atoms with Crippen molar-refractivity contribution in [2.24, 2.45) is 0 Å². The van der Waals surface area contributed by atoms with E-state index in [4.69, 9.17) is 0 Å². The lowest BCUT2D eigenvalue weighted by Gasteiger charge is -2.19. The average molecular weight is 327 g/mol. The van der Waals surface area contributed by atoms with E-state index < -0.39 is 4.92 Å². The van der Waals surface area contributed by atoms with Gasteiger partial charge in [0.2, 0.25) is 0 Å². The van der Waals surface area contributed by atoms with E-state index >= 15 is 0 Å². The number of benzene rings is 2. The van der Waals surface area contributed by atoms with Crippen LogP contribution in [0, 0.1) is 17.0 Å². The van der Waals surface area contributed by atoms with Crippen LogP contribution in [0.15, 0.2) is 48.5 Å². The number of amides is 1. The number of nitro groups is 1. The highest BCUT2D eigenvalue weighted by atomic mass is 16.6. The third-order valence-corrected chi connectivity index (χ3v) is 3.81. The number of hydrogen-bond acceptors (Lipinski definition) is 4. The Morgan fingerprint density at radius 2 is 1.92 bits per heavy atom. The maximum Gasteiger partial charge on any atom is 0.272 e. The van der Waals surface area contributed by atoms with Crippen molar-refractivity contribution < 1.29 is 9.72 Å². The molecule has 6 nitrogen and oxygen atoms in total. The average Bonchev–Trinajstić information content (AvgIpc) is 2.58. The SMILES string of the molecule is Cc1cc(C(=O)NCCCN(C)c2ccccc2)ccc1[N+](=O)[O-]. The molecule has 1 N–H and O–H groups in total. The van der Waals surface area contributed by atoms with Crippen molar-refractivity contribution in [1.29, 1.82) is 0 Å². The molecule has 0 aliphatic heterocycles. The Morgan fingerprint density at radius 1 is 1.21 bits per heavy atom. The summed E-state index contributed by atoms with van der Waals surface area (Å²) in [6.45, 7) is 3.00. The molecule has 0 saturated carbocycles. The maximum atomic E-state index is 12.1. The van der Waals surface area contributed by atoms with Gasteiger partial charge in [-0.15, -0.1) is 0 Å². The lowest BCUT2D eigenvalue weighted by molar-refractivity contribution is -0.385. The maximum absolute atomic E-state index is 12.1. The van der Waals surface area contributed by atoms with Crippen molar-refractivity contribution in [2.75, 3.05) is 25.0 Å². The largest absolute Gasteiger partial charge is 0.375 e. The molecule has 0 atom stereocenters.